The van der Waals surface area contributed by atoms with E-state index in [2.05, 4.69) is 4.98 Å². The second-order valence-corrected chi connectivity index (χ2v) is 8.74. The van der Waals surface area contributed by atoms with Gasteiger partial charge in [0.25, 0.3) is 0 Å². The lowest BCUT2D eigenvalue weighted by Gasteiger charge is -2.38. The summed E-state index contributed by atoms with van der Waals surface area (Å²) >= 11 is 0. The third-order valence-electron chi connectivity index (χ3n) is 4.79. The maximum absolute atomic E-state index is 12.5. The summed E-state index contributed by atoms with van der Waals surface area (Å²) in [5.74, 6) is -0.759. The lowest BCUT2D eigenvalue weighted by atomic mass is 9.85. The zero-order chi connectivity index (χ0) is 16.8. The first-order valence-corrected chi connectivity index (χ1v) is 9.10. The fourth-order valence-electron chi connectivity index (χ4n) is 3.57. The van der Waals surface area contributed by atoms with Crippen LogP contribution in [0.4, 0.5) is 13.2 Å². The van der Waals surface area contributed by atoms with Gasteiger partial charge < -0.3 is 0 Å². The van der Waals surface area contributed by atoms with Gasteiger partial charge in [0.2, 0.25) is 0 Å². The Bertz CT molecular complexity index is 692. The van der Waals surface area contributed by atoms with Crippen LogP contribution in [-0.2, 0) is 16.0 Å². The first kappa shape index (κ1) is 16.4. The molecule has 1 aromatic rings. The highest BCUT2D eigenvalue weighted by molar-refractivity contribution is 7.92. The number of Topliss-reactive ketones (excluding diaryl/α,β-unsaturated/α-hetero) is 1. The van der Waals surface area contributed by atoms with Crippen molar-refractivity contribution in [1.82, 2.24) is 4.98 Å². The monoisotopic (exact) mass is 347 g/mol. The molecule has 0 N–H and O–H groups in total. The maximum atomic E-state index is 12.5. The van der Waals surface area contributed by atoms with Crippen LogP contribution in [0.5, 0.6) is 0 Å². The van der Waals surface area contributed by atoms with Crippen molar-refractivity contribution >= 4 is 15.6 Å². The van der Waals surface area contributed by atoms with Crippen LogP contribution in [0.1, 0.15) is 48.2 Å². The van der Waals surface area contributed by atoms with E-state index >= 15 is 0 Å². The summed E-state index contributed by atoms with van der Waals surface area (Å²) in [6.07, 6.45) is -1.11. The molecular weight excluding hydrogens is 331 g/mol. The molecule has 2 saturated heterocycles. The van der Waals surface area contributed by atoms with Crippen LogP contribution in [0.15, 0.2) is 18.3 Å². The van der Waals surface area contributed by atoms with E-state index in [-0.39, 0.29) is 24.2 Å². The average molecular weight is 347 g/mol. The number of nitrogens with zero attached hydrogens (tertiary/aromatic N) is 1. The van der Waals surface area contributed by atoms with Gasteiger partial charge in [0.15, 0.2) is 15.6 Å². The smallest absolute Gasteiger partial charge is 0.294 e. The molecule has 0 aliphatic carbocycles. The molecule has 4 nitrogen and oxygen atoms in total. The van der Waals surface area contributed by atoms with Crippen molar-refractivity contribution in [3.63, 3.8) is 0 Å². The molecule has 0 saturated carbocycles. The van der Waals surface area contributed by atoms with Gasteiger partial charge in [-0.05, 0) is 37.8 Å². The summed E-state index contributed by atoms with van der Waals surface area (Å²) in [5.41, 5.74) is -0.933. The van der Waals surface area contributed by atoms with Crippen molar-refractivity contribution in [3.05, 3.63) is 29.6 Å². The minimum Gasteiger partial charge on any atom is -0.294 e. The highest BCUT2D eigenvalue weighted by atomic mass is 32.2. The molecule has 126 valence electrons. The normalized spacial score (nSPS) is 30.0. The van der Waals surface area contributed by atoms with E-state index in [9.17, 15) is 26.4 Å². The number of ketones is 1. The Morgan fingerprint density at radius 2 is 1.74 bits per heavy atom. The van der Waals surface area contributed by atoms with Gasteiger partial charge >= 0.3 is 6.18 Å². The molecule has 3 heterocycles. The lowest BCUT2D eigenvalue weighted by Crippen LogP contribution is -2.45. The molecule has 1 aromatic heterocycles. The lowest BCUT2D eigenvalue weighted by molar-refractivity contribution is -0.141. The fraction of sp³-hybridized carbons (Fsp3) is 0.600. The van der Waals surface area contributed by atoms with Crippen molar-refractivity contribution in [2.24, 2.45) is 5.92 Å². The van der Waals surface area contributed by atoms with Crippen molar-refractivity contribution in [2.45, 2.75) is 48.8 Å². The zero-order valence-corrected chi connectivity index (χ0v) is 13.0. The number of sulfone groups is 1. The second-order valence-electron chi connectivity index (χ2n) is 6.23. The number of aromatic nitrogens is 1. The molecule has 0 amide bonds. The molecule has 0 spiro atoms. The predicted molar refractivity (Wildman–Crippen MR) is 76.6 cm³/mol. The minimum atomic E-state index is -4.54. The van der Waals surface area contributed by atoms with Gasteiger partial charge in [0.1, 0.15) is 5.69 Å². The Balaban J connectivity index is 1.79. The van der Waals surface area contributed by atoms with Crippen LogP contribution in [-0.4, -0.2) is 29.7 Å². The number of rotatable bonds is 2. The van der Waals surface area contributed by atoms with E-state index in [1.807, 2.05) is 0 Å². The van der Waals surface area contributed by atoms with Gasteiger partial charge in [-0.15, -0.1) is 0 Å². The number of halogens is 3. The molecule has 2 aliphatic rings. The molecule has 0 radical (unpaired) electrons. The third kappa shape index (κ3) is 3.00. The molecule has 2 aliphatic heterocycles. The standard InChI is InChI=1S/C15H16F3NO3S/c16-15(17,18)13-5-4-9(8-19-13)14(20)10-6-11-2-1-3-12(7-10)23(11,21)22/h4-5,8,10-12H,1-3,6-7H2. The Morgan fingerprint density at radius 1 is 1.13 bits per heavy atom. The van der Waals surface area contributed by atoms with Gasteiger partial charge in [-0.2, -0.15) is 13.2 Å². The number of pyridine rings is 1. The topological polar surface area (TPSA) is 64.1 Å². The highest BCUT2D eigenvalue weighted by Gasteiger charge is 2.46. The number of carbonyl (C=O) groups is 1. The number of hydrogen-bond donors (Lipinski definition) is 0. The Labute approximate surface area is 132 Å². The van der Waals surface area contributed by atoms with Crippen molar-refractivity contribution < 1.29 is 26.4 Å². The Morgan fingerprint density at radius 3 is 2.22 bits per heavy atom. The maximum Gasteiger partial charge on any atom is 0.433 e. The van der Waals surface area contributed by atoms with Crippen molar-refractivity contribution in [2.75, 3.05) is 0 Å². The molecular formula is C15H16F3NO3S. The summed E-state index contributed by atoms with van der Waals surface area (Å²) < 4.78 is 61.9. The molecule has 8 heteroatoms. The van der Waals surface area contributed by atoms with E-state index in [1.165, 1.54) is 0 Å². The highest BCUT2D eigenvalue weighted by Crippen LogP contribution is 2.40. The number of hydrogen-bond acceptors (Lipinski definition) is 4. The Hall–Kier alpha value is -1.44. The second kappa shape index (κ2) is 5.58. The average Bonchev–Trinajstić information content (AvgIpc) is 2.44. The summed E-state index contributed by atoms with van der Waals surface area (Å²) in [6, 6.07) is 1.91. The fourth-order valence-corrected chi connectivity index (χ4v) is 6.10. The van der Waals surface area contributed by atoms with E-state index < -0.39 is 38.1 Å². The summed E-state index contributed by atoms with van der Waals surface area (Å²) in [7, 11) is -3.16. The minimum absolute atomic E-state index is 0.111. The largest absolute Gasteiger partial charge is 0.433 e. The SMILES string of the molecule is O=C(c1ccc(C(F)(F)F)nc1)C1CC2CCCC(C1)S2(=O)=O. The predicted octanol–water partition coefficient (Wildman–Crippen LogP) is 3.03. The number of fused-ring (bicyclic) bond motifs is 2. The van der Waals surface area contributed by atoms with Gasteiger partial charge in [0.05, 0.1) is 10.5 Å². The molecule has 2 fully saturated rings. The number of carbonyl (C=O) groups excluding carboxylic acids is 1. The van der Waals surface area contributed by atoms with Crippen LogP contribution in [0, 0.1) is 5.92 Å². The Kier molecular flexibility index (Phi) is 3.98. The van der Waals surface area contributed by atoms with Gasteiger partial charge in [-0.3, -0.25) is 9.78 Å². The molecule has 3 rings (SSSR count). The molecule has 0 aromatic carbocycles. The summed E-state index contributed by atoms with van der Waals surface area (Å²) in [4.78, 5) is 15.8. The van der Waals surface area contributed by atoms with Gasteiger partial charge in [-0.1, -0.05) is 6.42 Å². The molecule has 23 heavy (non-hydrogen) atoms. The van der Waals surface area contributed by atoms with Crippen LogP contribution < -0.4 is 0 Å². The van der Waals surface area contributed by atoms with E-state index in [0.29, 0.717) is 12.8 Å². The van der Waals surface area contributed by atoms with Gasteiger partial charge in [0, 0.05) is 17.7 Å². The number of alkyl halides is 3. The molecule has 2 atom stereocenters. The summed E-state index contributed by atoms with van der Waals surface area (Å²) in [6.45, 7) is 0. The van der Waals surface area contributed by atoms with Crippen molar-refractivity contribution in [3.8, 4) is 0 Å². The molecule has 2 bridgehead atoms. The van der Waals surface area contributed by atoms with Crippen LogP contribution in [0.3, 0.4) is 0 Å². The van der Waals surface area contributed by atoms with Crippen LogP contribution in [0.25, 0.3) is 0 Å². The first-order chi connectivity index (χ1) is 10.7. The quantitative estimate of drug-likeness (QED) is 0.772. The van der Waals surface area contributed by atoms with Crippen LogP contribution >= 0.6 is 0 Å². The van der Waals surface area contributed by atoms with E-state index in [4.69, 9.17) is 0 Å². The third-order valence-corrected chi connectivity index (χ3v) is 7.50. The molecule has 2 unspecified atom stereocenters. The van der Waals surface area contributed by atoms with E-state index in [1.54, 1.807) is 0 Å². The zero-order valence-electron chi connectivity index (χ0n) is 12.2. The summed E-state index contributed by atoms with van der Waals surface area (Å²) in [5, 5.41) is -0.988. The van der Waals surface area contributed by atoms with E-state index in [0.717, 1.165) is 24.8 Å². The van der Waals surface area contributed by atoms with Crippen molar-refractivity contribution in [1.29, 1.82) is 0 Å². The first-order valence-electron chi connectivity index (χ1n) is 7.50. The van der Waals surface area contributed by atoms with Gasteiger partial charge in [-0.25, -0.2) is 8.42 Å². The van der Waals surface area contributed by atoms with Crippen LogP contribution in [0.2, 0.25) is 0 Å².